The predicted octanol–water partition coefficient (Wildman–Crippen LogP) is 17.4. The summed E-state index contributed by atoms with van der Waals surface area (Å²) in [6, 6.07) is 0. The zero-order valence-corrected chi connectivity index (χ0v) is 54.4. The Bertz CT molecular complexity index is 1600. The highest BCUT2D eigenvalue weighted by atomic mass is 31.2. The molecule has 0 aromatic carbocycles. The second-order valence-electron chi connectivity index (χ2n) is 23.3. The molecule has 0 rings (SSSR count). The summed E-state index contributed by atoms with van der Waals surface area (Å²) >= 11 is 0. The molecule has 0 saturated heterocycles. The molecule has 0 spiro atoms. The molecule has 0 saturated carbocycles. The molecule has 3 N–H and O–H groups in total. The van der Waals surface area contributed by atoms with Crippen molar-refractivity contribution in [1.82, 2.24) is 0 Å². The third-order valence-corrected chi connectivity index (χ3v) is 16.4. The minimum absolute atomic E-state index is 0.103. The quantitative estimate of drug-likeness (QED) is 0.0222. The lowest BCUT2D eigenvalue weighted by Crippen LogP contribution is -2.30. The molecule has 0 heterocycles. The fourth-order valence-corrected chi connectivity index (χ4v) is 11.0. The highest BCUT2D eigenvalue weighted by Gasteiger charge is 2.30. The summed E-state index contributed by atoms with van der Waals surface area (Å²) in [5.41, 5.74) is 0. The van der Waals surface area contributed by atoms with Crippen LogP contribution < -0.4 is 0 Å². The Kier molecular flexibility index (Phi) is 55.5. The molecule has 17 nitrogen and oxygen atoms in total. The molecule has 0 aromatic heterocycles. The van der Waals surface area contributed by atoms with Crippen LogP contribution in [0.15, 0.2) is 0 Å². The van der Waals surface area contributed by atoms with E-state index in [2.05, 4.69) is 34.6 Å². The van der Waals surface area contributed by atoms with E-state index < -0.39 is 97.5 Å². The molecule has 5 atom stereocenters. The van der Waals surface area contributed by atoms with Crippen LogP contribution >= 0.6 is 15.6 Å². The Balaban J connectivity index is 5.14. The molecule has 0 aromatic rings. The molecule has 2 unspecified atom stereocenters. The number of phosphoric ester groups is 2. The van der Waals surface area contributed by atoms with Gasteiger partial charge in [0, 0.05) is 25.7 Å². The van der Waals surface area contributed by atoms with E-state index in [4.69, 9.17) is 37.0 Å². The topological polar surface area (TPSA) is 237 Å². The van der Waals surface area contributed by atoms with Crippen LogP contribution in [0.4, 0.5) is 0 Å². The van der Waals surface area contributed by atoms with Crippen molar-refractivity contribution in [2.24, 2.45) is 5.92 Å². The highest BCUT2D eigenvalue weighted by molar-refractivity contribution is 7.47. The van der Waals surface area contributed by atoms with E-state index in [1.54, 1.807) is 0 Å². The van der Waals surface area contributed by atoms with E-state index in [1.807, 2.05) is 0 Å². The lowest BCUT2D eigenvalue weighted by Gasteiger charge is -2.21. The van der Waals surface area contributed by atoms with Gasteiger partial charge in [0.15, 0.2) is 12.2 Å². The SMILES string of the molecule is CCCCCCCCCCCCCCCCCCC(=O)O[C@H](COC(=O)CCCCCCCCCCCCCC(C)C)COP(=O)(O)OC[C@@H](O)COP(=O)(O)OC[C@@H](COC(=O)CCCCCCC)OC(=O)CCCCCCCCC. The van der Waals surface area contributed by atoms with E-state index in [1.165, 1.54) is 122 Å². The van der Waals surface area contributed by atoms with Crippen molar-refractivity contribution >= 4 is 39.5 Å². The van der Waals surface area contributed by atoms with Crippen molar-refractivity contribution in [3.05, 3.63) is 0 Å². The predicted molar refractivity (Wildman–Crippen MR) is 326 cm³/mol. The first kappa shape index (κ1) is 80.1. The maximum Gasteiger partial charge on any atom is 0.472 e. The third kappa shape index (κ3) is 57.2. The number of ether oxygens (including phenoxy) is 4. The zero-order valence-electron chi connectivity index (χ0n) is 52.6. The first-order chi connectivity index (χ1) is 39.5. The molecule has 0 amide bonds. The van der Waals surface area contributed by atoms with Crippen LogP contribution in [0.1, 0.15) is 317 Å². The van der Waals surface area contributed by atoms with Gasteiger partial charge >= 0.3 is 39.5 Å². The first-order valence-corrected chi connectivity index (χ1v) is 36.1. The first-order valence-electron chi connectivity index (χ1n) is 33.1. The summed E-state index contributed by atoms with van der Waals surface area (Å²) < 4.78 is 67.7. The smallest absolute Gasteiger partial charge is 0.462 e. The van der Waals surface area contributed by atoms with Gasteiger partial charge in [-0.05, 0) is 31.6 Å². The van der Waals surface area contributed by atoms with Gasteiger partial charge in [0.1, 0.15) is 19.3 Å². The van der Waals surface area contributed by atoms with E-state index in [9.17, 15) is 43.2 Å². The number of hydrogen-bond acceptors (Lipinski definition) is 15. The highest BCUT2D eigenvalue weighted by Crippen LogP contribution is 2.45. The van der Waals surface area contributed by atoms with Crippen LogP contribution in [-0.4, -0.2) is 96.7 Å². The summed E-state index contributed by atoms with van der Waals surface area (Å²) in [6.07, 6.45) is 40.8. The largest absolute Gasteiger partial charge is 0.472 e. The standard InChI is InChI=1S/C63H122O17P2/c1-6-9-12-15-17-18-19-20-21-22-23-26-30-34-39-44-49-63(68)80-59(53-74-61(66)47-42-37-33-29-27-24-25-28-32-36-40-45-56(4)5)55-78-82(71,72)76-51-57(64)50-75-81(69,70)77-54-58(52-73-60(65)46-41-35-14-11-8-3)79-62(67)48-43-38-31-16-13-10-7-2/h56-59,64H,6-55H2,1-5H3,(H,69,70)(H,71,72)/t57-,58+,59+/m0/s1. The number of aliphatic hydroxyl groups is 1. The van der Waals surface area contributed by atoms with Gasteiger partial charge in [0.05, 0.1) is 26.4 Å². The van der Waals surface area contributed by atoms with E-state index in [0.29, 0.717) is 25.7 Å². The summed E-state index contributed by atoms with van der Waals surface area (Å²) in [7, 11) is -9.87. The minimum Gasteiger partial charge on any atom is -0.462 e. The Hall–Kier alpha value is -1.94. The Morgan fingerprint density at radius 1 is 0.329 bits per heavy atom. The monoisotopic (exact) mass is 1210 g/mol. The van der Waals surface area contributed by atoms with Gasteiger partial charge < -0.3 is 33.8 Å². The molecular weight excluding hydrogens is 1090 g/mol. The van der Waals surface area contributed by atoms with E-state index in [-0.39, 0.29) is 25.7 Å². The third-order valence-electron chi connectivity index (χ3n) is 14.5. The summed E-state index contributed by atoms with van der Waals surface area (Å²) in [4.78, 5) is 71.8. The molecule has 0 bridgehead atoms. The number of hydrogen-bond donors (Lipinski definition) is 3. The van der Waals surface area contributed by atoms with Gasteiger partial charge in [-0.15, -0.1) is 0 Å². The average Bonchev–Trinajstić information content (AvgIpc) is 3.47. The fourth-order valence-electron chi connectivity index (χ4n) is 9.41. The van der Waals surface area contributed by atoms with E-state index >= 15 is 0 Å². The number of rotatable bonds is 63. The minimum atomic E-state index is -4.94. The van der Waals surface area contributed by atoms with Crippen LogP contribution in [0, 0.1) is 5.92 Å². The maximum absolute atomic E-state index is 13.0. The summed E-state index contributed by atoms with van der Waals surface area (Å²) in [6.45, 7) is 7.07. The molecule has 19 heteroatoms. The lowest BCUT2D eigenvalue weighted by atomic mass is 10.0. The van der Waals surface area contributed by atoms with Gasteiger partial charge in [-0.1, -0.05) is 266 Å². The van der Waals surface area contributed by atoms with Crippen LogP contribution in [0.3, 0.4) is 0 Å². The second-order valence-corrected chi connectivity index (χ2v) is 26.2. The van der Waals surface area contributed by atoms with Crippen LogP contribution in [0.25, 0.3) is 0 Å². The van der Waals surface area contributed by atoms with Crippen LogP contribution in [0.2, 0.25) is 0 Å². The van der Waals surface area contributed by atoms with Gasteiger partial charge in [-0.3, -0.25) is 37.3 Å². The molecule has 0 aliphatic heterocycles. The number of unbranched alkanes of at least 4 members (excludes halogenated alkanes) is 35. The number of carbonyl (C=O) groups excluding carboxylic acids is 4. The molecule has 82 heavy (non-hydrogen) atoms. The van der Waals surface area contributed by atoms with Crippen molar-refractivity contribution in [3.8, 4) is 0 Å². The van der Waals surface area contributed by atoms with E-state index in [0.717, 1.165) is 115 Å². The Labute approximate surface area is 498 Å². The summed E-state index contributed by atoms with van der Waals surface area (Å²) in [5, 5.41) is 10.5. The van der Waals surface area contributed by atoms with Crippen molar-refractivity contribution < 1.29 is 80.2 Å². The molecule has 486 valence electrons. The van der Waals surface area contributed by atoms with Gasteiger partial charge in [0.25, 0.3) is 0 Å². The Morgan fingerprint density at radius 2 is 0.561 bits per heavy atom. The average molecular weight is 1210 g/mol. The maximum atomic E-state index is 13.0. The van der Waals surface area contributed by atoms with Crippen LogP contribution in [-0.2, 0) is 65.4 Å². The van der Waals surface area contributed by atoms with Gasteiger partial charge in [0.2, 0.25) is 0 Å². The zero-order chi connectivity index (χ0) is 60.6. The van der Waals surface area contributed by atoms with Crippen LogP contribution in [0.5, 0.6) is 0 Å². The number of aliphatic hydroxyl groups excluding tert-OH is 1. The summed E-state index contributed by atoms with van der Waals surface area (Å²) in [5.74, 6) is -1.38. The lowest BCUT2D eigenvalue weighted by molar-refractivity contribution is -0.161. The number of phosphoric acid groups is 2. The normalized spacial score (nSPS) is 14.3. The second kappa shape index (κ2) is 56.8. The van der Waals surface area contributed by atoms with Crippen molar-refractivity contribution in [3.63, 3.8) is 0 Å². The molecule has 0 fully saturated rings. The molecular formula is C63H122O17P2. The van der Waals surface area contributed by atoms with Gasteiger partial charge in [-0.25, -0.2) is 9.13 Å². The molecule has 0 aliphatic rings. The number of esters is 4. The fraction of sp³-hybridized carbons (Fsp3) is 0.937. The molecule has 0 aliphatic carbocycles. The van der Waals surface area contributed by atoms with Gasteiger partial charge in [-0.2, -0.15) is 0 Å². The van der Waals surface area contributed by atoms with Crippen molar-refractivity contribution in [1.29, 1.82) is 0 Å². The molecule has 0 radical (unpaired) electrons. The van der Waals surface area contributed by atoms with Crippen molar-refractivity contribution in [2.45, 2.75) is 335 Å². The number of carbonyl (C=O) groups is 4. The Morgan fingerprint density at radius 3 is 0.829 bits per heavy atom. The van der Waals surface area contributed by atoms with Crippen molar-refractivity contribution in [2.75, 3.05) is 39.6 Å².